The Hall–Kier alpha value is -1.55. The van der Waals surface area contributed by atoms with E-state index in [0.717, 1.165) is 37.7 Å². The van der Waals surface area contributed by atoms with Crippen LogP contribution in [0.5, 0.6) is 0 Å². The molecule has 4 heteroatoms. The van der Waals surface area contributed by atoms with E-state index in [1.54, 1.807) is 0 Å². The number of benzene rings is 1. The molecule has 0 aromatic heterocycles. The summed E-state index contributed by atoms with van der Waals surface area (Å²) in [6.45, 7) is 7.74. The average molecular weight is 315 g/mol. The van der Waals surface area contributed by atoms with Crippen LogP contribution in [0.15, 0.2) is 30.3 Å². The molecule has 2 heterocycles. The SMILES string of the molecule is CC1CCN(CC2CCCN(C(=O)Nc3ccccc3)C2)CC1. The number of piperidine rings is 2. The number of nitrogens with zero attached hydrogens (tertiary/aromatic N) is 2. The van der Waals surface area contributed by atoms with Gasteiger partial charge in [0.2, 0.25) is 0 Å². The second-order valence-electron chi connectivity index (χ2n) is 7.23. The van der Waals surface area contributed by atoms with Crippen molar-refractivity contribution < 1.29 is 4.79 Å². The number of hydrogen-bond donors (Lipinski definition) is 1. The number of para-hydroxylation sites is 1. The van der Waals surface area contributed by atoms with E-state index in [0.29, 0.717) is 5.92 Å². The van der Waals surface area contributed by atoms with Gasteiger partial charge >= 0.3 is 6.03 Å². The van der Waals surface area contributed by atoms with Crippen molar-refractivity contribution in [2.24, 2.45) is 11.8 Å². The maximum Gasteiger partial charge on any atom is 0.321 e. The highest BCUT2D eigenvalue weighted by atomic mass is 16.2. The van der Waals surface area contributed by atoms with Gasteiger partial charge < -0.3 is 15.1 Å². The van der Waals surface area contributed by atoms with Crippen LogP contribution in [-0.2, 0) is 0 Å². The molecule has 2 aliphatic rings. The second kappa shape index (κ2) is 7.82. The molecule has 1 N–H and O–H groups in total. The molecule has 2 amide bonds. The molecule has 1 aromatic carbocycles. The third kappa shape index (κ3) is 4.71. The Morgan fingerprint density at radius 2 is 1.87 bits per heavy atom. The minimum absolute atomic E-state index is 0.0492. The summed E-state index contributed by atoms with van der Waals surface area (Å²) in [5, 5.41) is 3.01. The lowest BCUT2D eigenvalue weighted by molar-refractivity contribution is 0.124. The molecule has 2 aliphatic heterocycles. The van der Waals surface area contributed by atoms with Crippen molar-refractivity contribution in [2.45, 2.75) is 32.6 Å². The van der Waals surface area contributed by atoms with Gasteiger partial charge in [-0.3, -0.25) is 0 Å². The van der Waals surface area contributed by atoms with Gasteiger partial charge in [0.15, 0.2) is 0 Å². The van der Waals surface area contributed by atoms with Crippen molar-refractivity contribution in [3.8, 4) is 0 Å². The lowest BCUT2D eigenvalue weighted by Gasteiger charge is -2.37. The number of amides is 2. The van der Waals surface area contributed by atoms with Crippen molar-refractivity contribution in [3.05, 3.63) is 30.3 Å². The van der Waals surface area contributed by atoms with Gasteiger partial charge in [0, 0.05) is 25.3 Å². The quantitative estimate of drug-likeness (QED) is 0.924. The summed E-state index contributed by atoms with van der Waals surface area (Å²) in [6, 6.07) is 9.79. The summed E-state index contributed by atoms with van der Waals surface area (Å²) in [6.07, 6.45) is 5.02. The third-order valence-corrected chi connectivity index (χ3v) is 5.22. The summed E-state index contributed by atoms with van der Waals surface area (Å²) in [7, 11) is 0. The molecule has 126 valence electrons. The second-order valence-corrected chi connectivity index (χ2v) is 7.23. The first-order valence-corrected chi connectivity index (χ1v) is 9.04. The number of carbonyl (C=O) groups excluding carboxylic acids is 1. The Labute approximate surface area is 139 Å². The lowest BCUT2D eigenvalue weighted by Crippen LogP contribution is -2.46. The maximum absolute atomic E-state index is 12.4. The Kier molecular flexibility index (Phi) is 5.55. The van der Waals surface area contributed by atoms with Gasteiger partial charge in [-0.1, -0.05) is 25.1 Å². The van der Waals surface area contributed by atoms with Gasteiger partial charge in [0.1, 0.15) is 0 Å². The minimum atomic E-state index is 0.0492. The van der Waals surface area contributed by atoms with Crippen LogP contribution in [0.25, 0.3) is 0 Å². The summed E-state index contributed by atoms with van der Waals surface area (Å²) >= 11 is 0. The fraction of sp³-hybridized carbons (Fsp3) is 0.632. The molecule has 2 saturated heterocycles. The highest BCUT2D eigenvalue weighted by molar-refractivity contribution is 5.89. The zero-order valence-corrected chi connectivity index (χ0v) is 14.2. The fourth-order valence-electron chi connectivity index (χ4n) is 3.73. The van der Waals surface area contributed by atoms with Crippen LogP contribution in [0.2, 0.25) is 0 Å². The van der Waals surface area contributed by atoms with E-state index in [-0.39, 0.29) is 6.03 Å². The van der Waals surface area contributed by atoms with Crippen LogP contribution < -0.4 is 5.32 Å². The van der Waals surface area contributed by atoms with E-state index in [1.165, 1.54) is 32.4 Å². The number of nitrogens with one attached hydrogen (secondary N) is 1. The topological polar surface area (TPSA) is 35.6 Å². The van der Waals surface area contributed by atoms with Crippen LogP contribution in [0.3, 0.4) is 0 Å². The summed E-state index contributed by atoms with van der Waals surface area (Å²) in [5.74, 6) is 1.50. The molecule has 4 nitrogen and oxygen atoms in total. The van der Waals surface area contributed by atoms with Crippen LogP contribution in [-0.4, -0.2) is 48.6 Å². The predicted molar refractivity (Wildman–Crippen MR) is 94.6 cm³/mol. The van der Waals surface area contributed by atoms with Crippen molar-refractivity contribution >= 4 is 11.7 Å². The first kappa shape index (κ1) is 16.3. The summed E-state index contributed by atoms with van der Waals surface area (Å²) in [5.41, 5.74) is 0.879. The maximum atomic E-state index is 12.4. The minimum Gasteiger partial charge on any atom is -0.324 e. The number of rotatable bonds is 3. The molecule has 0 aliphatic carbocycles. The zero-order chi connectivity index (χ0) is 16.1. The molecule has 0 spiro atoms. The largest absolute Gasteiger partial charge is 0.324 e. The highest BCUT2D eigenvalue weighted by Crippen LogP contribution is 2.22. The van der Waals surface area contributed by atoms with Gasteiger partial charge in [-0.15, -0.1) is 0 Å². The molecule has 2 fully saturated rings. The van der Waals surface area contributed by atoms with Crippen LogP contribution in [0, 0.1) is 11.8 Å². The van der Waals surface area contributed by atoms with Gasteiger partial charge in [-0.25, -0.2) is 4.79 Å². The molecular weight excluding hydrogens is 286 g/mol. The number of carbonyl (C=O) groups is 1. The van der Waals surface area contributed by atoms with E-state index in [1.807, 2.05) is 35.2 Å². The molecule has 23 heavy (non-hydrogen) atoms. The standard InChI is InChI=1S/C19H29N3O/c1-16-9-12-21(13-10-16)14-17-6-5-11-22(15-17)19(23)20-18-7-3-2-4-8-18/h2-4,7-8,16-17H,5-6,9-15H2,1H3,(H,20,23). The number of anilines is 1. The van der Waals surface area contributed by atoms with Crippen molar-refractivity contribution in [2.75, 3.05) is 38.0 Å². The van der Waals surface area contributed by atoms with Gasteiger partial charge in [-0.05, 0) is 62.7 Å². The van der Waals surface area contributed by atoms with E-state index in [4.69, 9.17) is 0 Å². The Morgan fingerprint density at radius 1 is 1.13 bits per heavy atom. The number of urea groups is 1. The molecule has 0 saturated carbocycles. The van der Waals surface area contributed by atoms with Crippen molar-refractivity contribution in [1.82, 2.24) is 9.80 Å². The average Bonchev–Trinajstić information content (AvgIpc) is 2.58. The molecule has 1 atom stereocenters. The van der Waals surface area contributed by atoms with E-state index in [2.05, 4.69) is 17.1 Å². The third-order valence-electron chi connectivity index (χ3n) is 5.22. The van der Waals surface area contributed by atoms with Crippen molar-refractivity contribution in [1.29, 1.82) is 0 Å². The first-order chi connectivity index (χ1) is 11.2. The van der Waals surface area contributed by atoms with E-state index < -0.39 is 0 Å². The summed E-state index contributed by atoms with van der Waals surface area (Å²) in [4.78, 5) is 17.0. The normalized spacial score (nSPS) is 23.7. The Morgan fingerprint density at radius 3 is 2.61 bits per heavy atom. The Bertz CT molecular complexity index is 497. The zero-order valence-electron chi connectivity index (χ0n) is 14.2. The van der Waals surface area contributed by atoms with Crippen LogP contribution in [0.1, 0.15) is 32.6 Å². The fourth-order valence-corrected chi connectivity index (χ4v) is 3.73. The Balaban J connectivity index is 1.48. The van der Waals surface area contributed by atoms with E-state index >= 15 is 0 Å². The first-order valence-electron chi connectivity index (χ1n) is 9.04. The van der Waals surface area contributed by atoms with Gasteiger partial charge in [0.05, 0.1) is 0 Å². The number of hydrogen-bond acceptors (Lipinski definition) is 2. The molecule has 1 unspecified atom stereocenters. The number of likely N-dealkylation sites (tertiary alicyclic amines) is 2. The summed E-state index contributed by atoms with van der Waals surface area (Å²) < 4.78 is 0. The molecule has 1 aromatic rings. The monoisotopic (exact) mass is 315 g/mol. The smallest absolute Gasteiger partial charge is 0.321 e. The van der Waals surface area contributed by atoms with Crippen LogP contribution >= 0.6 is 0 Å². The lowest BCUT2D eigenvalue weighted by atomic mass is 9.94. The van der Waals surface area contributed by atoms with Gasteiger partial charge in [-0.2, -0.15) is 0 Å². The predicted octanol–water partition coefficient (Wildman–Crippen LogP) is 3.66. The highest BCUT2D eigenvalue weighted by Gasteiger charge is 2.26. The van der Waals surface area contributed by atoms with Crippen LogP contribution in [0.4, 0.5) is 10.5 Å². The molecule has 0 bridgehead atoms. The van der Waals surface area contributed by atoms with Crippen molar-refractivity contribution in [3.63, 3.8) is 0 Å². The van der Waals surface area contributed by atoms with Gasteiger partial charge in [0.25, 0.3) is 0 Å². The molecular formula is C19H29N3O. The molecule has 0 radical (unpaired) electrons. The van der Waals surface area contributed by atoms with E-state index in [9.17, 15) is 4.79 Å². The molecule has 3 rings (SSSR count).